The van der Waals surface area contributed by atoms with Gasteiger partial charge in [0.25, 0.3) is 5.91 Å². The maximum atomic E-state index is 13.2. The van der Waals surface area contributed by atoms with Gasteiger partial charge in [-0.2, -0.15) is 13.2 Å². The van der Waals surface area contributed by atoms with E-state index in [0.717, 1.165) is 12.1 Å². The number of benzene rings is 1. The molecule has 2 rings (SSSR count). The van der Waals surface area contributed by atoms with E-state index < -0.39 is 50.6 Å². The van der Waals surface area contributed by atoms with E-state index in [1.54, 1.807) is 0 Å². The maximum Gasteiger partial charge on any atom is 0.421 e. The molecule has 1 aromatic heterocycles. The number of nitrogens with one attached hydrogen (secondary N) is 1. The standard InChI is InChI=1S/C18H17Cl2F3N2O5S/c1-16(2,29)6-24-13(26)14-25-11(15(27)28)12(31-14)7-4-5-8(10(20)9(7)19)17(3,30)18(21,22)23/h4-5,29-30H,6H2,1-3H3,(H,24,26)(H,27,28). The molecule has 7 nitrogen and oxygen atoms in total. The Kier molecular flexibility index (Phi) is 6.99. The molecule has 170 valence electrons. The predicted octanol–water partition coefficient (Wildman–Crippen LogP) is 4.09. The summed E-state index contributed by atoms with van der Waals surface area (Å²) in [6, 6.07) is 1.93. The third-order valence-electron chi connectivity index (χ3n) is 4.11. The summed E-state index contributed by atoms with van der Waals surface area (Å²) in [5, 5.41) is 30.1. The molecule has 13 heteroatoms. The van der Waals surface area contributed by atoms with Crippen molar-refractivity contribution < 1.29 is 38.1 Å². The first-order chi connectivity index (χ1) is 14.0. The smallest absolute Gasteiger partial charge is 0.421 e. The molecule has 1 amide bonds. The molecular weight excluding hydrogens is 484 g/mol. The van der Waals surface area contributed by atoms with Crippen LogP contribution in [0.2, 0.25) is 10.0 Å². The van der Waals surface area contributed by atoms with Crippen molar-refractivity contribution in [3.8, 4) is 10.4 Å². The quantitative estimate of drug-likeness (QED) is 0.474. The van der Waals surface area contributed by atoms with Gasteiger partial charge in [0.05, 0.1) is 20.5 Å². The Bertz CT molecular complexity index is 1030. The topological polar surface area (TPSA) is 120 Å². The van der Waals surface area contributed by atoms with Crippen molar-refractivity contribution in [1.82, 2.24) is 10.3 Å². The van der Waals surface area contributed by atoms with E-state index in [4.69, 9.17) is 23.2 Å². The van der Waals surface area contributed by atoms with E-state index in [1.165, 1.54) is 13.8 Å². The van der Waals surface area contributed by atoms with Gasteiger partial charge in [-0.15, -0.1) is 11.3 Å². The van der Waals surface area contributed by atoms with Gasteiger partial charge in [0.15, 0.2) is 16.3 Å². The Morgan fingerprint density at radius 1 is 1.13 bits per heavy atom. The van der Waals surface area contributed by atoms with Crippen LogP contribution in [0.1, 0.15) is 46.6 Å². The molecule has 0 spiro atoms. The number of alkyl halides is 3. The number of rotatable bonds is 6. The molecule has 4 N–H and O–H groups in total. The van der Waals surface area contributed by atoms with Crippen molar-refractivity contribution in [3.63, 3.8) is 0 Å². The summed E-state index contributed by atoms with van der Waals surface area (Å²) in [5.74, 6) is -2.27. The molecule has 31 heavy (non-hydrogen) atoms. The summed E-state index contributed by atoms with van der Waals surface area (Å²) in [5.41, 5.74) is -5.90. The molecule has 0 saturated heterocycles. The van der Waals surface area contributed by atoms with Crippen LogP contribution in [0.25, 0.3) is 10.4 Å². The fraction of sp³-hybridized carbons (Fsp3) is 0.389. The lowest BCUT2D eigenvalue weighted by Crippen LogP contribution is -2.39. The maximum absolute atomic E-state index is 13.2. The molecule has 0 aliphatic rings. The van der Waals surface area contributed by atoms with E-state index >= 15 is 0 Å². The normalized spacial score (nSPS) is 14.3. The molecule has 1 aromatic carbocycles. The summed E-state index contributed by atoms with van der Waals surface area (Å²) in [6.45, 7) is 3.26. The Morgan fingerprint density at radius 2 is 1.71 bits per heavy atom. The van der Waals surface area contributed by atoms with Gasteiger partial charge in [-0.05, 0) is 20.8 Å². The second kappa shape index (κ2) is 8.55. The van der Waals surface area contributed by atoms with Crippen LogP contribution < -0.4 is 5.32 Å². The van der Waals surface area contributed by atoms with Crippen LogP contribution in [-0.4, -0.2) is 50.5 Å². The number of aliphatic hydroxyl groups is 2. The van der Waals surface area contributed by atoms with E-state index in [9.17, 15) is 38.1 Å². The zero-order chi connectivity index (χ0) is 23.9. The third kappa shape index (κ3) is 5.29. The van der Waals surface area contributed by atoms with Crippen LogP contribution in [0.15, 0.2) is 12.1 Å². The van der Waals surface area contributed by atoms with E-state index in [0.29, 0.717) is 18.3 Å². The first-order valence-electron chi connectivity index (χ1n) is 8.50. The fourth-order valence-corrected chi connectivity index (χ4v) is 4.04. The molecule has 0 saturated carbocycles. The number of aromatic nitrogens is 1. The van der Waals surface area contributed by atoms with E-state index in [2.05, 4.69) is 10.3 Å². The minimum atomic E-state index is -5.05. The molecule has 0 fully saturated rings. The number of carboxylic acids is 1. The average Bonchev–Trinajstić information content (AvgIpc) is 3.05. The fourth-order valence-electron chi connectivity index (χ4n) is 2.37. The Labute approximate surface area is 188 Å². The zero-order valence-electron chi connectivity index (χ0n) is 16.3. The number of thiazole rings is 1. The lowest BCUT2D eigenvalue weighted by molar-refractivity contribution is -0.258. The molecule has 1 heterocycles. The molecular formula is C18H17Cl2F3N2O5S. The number of aromatic carboxylic acids is 1. The summed E-state index contributed by atoms with van der Waals surface area (Å²) >= 11 is 12.7. The highest BCUT2D eigenvalue weighted by atomic mass is 35.5. The Morgan fingerprint density at radius 3 is 2.19 bits per heavy atom. The lowest BCUT2D eigenvalue weighted by Gasteiger charge is -2.28. The molecule has 2 aromatic rings. The van der Waals surface area contributed by atoms with Crippen molar-refractivity contribution in [1.29, 1.82) is 0 Å². The molecule has 0 aliphatic heterocycles. The minimum absolute atomic E-state index is 0.0789. The van der Waals surface area contributed by atoms with Crippen LogP contribution in [0.3, 0.4) is 0 Å². The van der Waals surface area contributed by atoms with Crippen molar-refractivity contribution >= 4 is 46.4 Å². The van der Waals surface area contributed by atoms with Crippen LogP contribution in [0, 0.1) is 0 Å². The van der Waals surface area contributed by atoms with Gasteiger partial charge < -0.3 is 20.6 Å². The van der Waals surface area contributed by atoms with Crippen molar-refractivity contribution in [3.05, 3.63) is 38.4 Å². The summed E-state index contributed by atoms with van der Waals surface area (Å²) in [6.07, 6.45) is -5.05. The monoisotopic (exact) mass is 500 g/mol. The number of carboxylic acid groups (broad SMARTS) is 1. The number of carbonyl (C=O) groups excluding carboxylic acids is 1. The van der Waals surface area contributed by atoms with Gasteiger partial charge in [-0.1, -0.05) is 35.3 Å². The van der Waals surface area contributed by atoms with Gasteiger partial charge >= 0.3 is 12.1 Å². The SMILES string of the molecule is CC(C)(O)CNC(=O)c1nc(C(=O)O)c(-c2ccc(C(C)(O)C(F)(F)F)c(Cl)c2Cl)s1. The number of carbonyl (C=O) groups is 2. The molecule has 0 bridgehead atoms. The lowest BCUT2D eigenvalue weighted by atomic mass is 9.94. The number of nitrogens with zero attached hydrogens (tertiary/aromatic N) is 1. The van der Waals surface area contributed by atoms with Gasteiger partial charge in [0.1, 0.15) is 0 Å². The number of amides is 1. The highest BCUT2D eigenvalue weighted by Crippen LogP contribution is 2.46. The second-order valence-corrected chi connectivity index (χ2v) is 9.11. The van der Waals surface area contributed by atoms with E-state index in [-0.39, 0.29) is 22.0 Å². The largest absolute Gasteiger partial charge is 0.476 e. The highest BCUT2D eigenvalue weighted by molar-refractivity contribution is 7.17. The first kappa shape index (κ1) is 25.3. The van der Waals surface area contributed by atoms with Crippen LogP contribution >= 0.6 is 34.5 Å². The number of hydrogen-bond donors (Lipinski definition) is 4. The van der Waals surface area contributed by atoms with Crippen molar-refractivity contribution in [2.45, 2.75) is 38.1 Å². The predicted molar refractivity (Wildman–Crippen MR) is 109 cm³/mol. The molecule has 1 unspecified atom stereocenters. The highest BCUT2D eigenvalue weighted by Gasteiger charge is 2.52. The molecule has 1 atom stereocenters. The number of halogens is 5. The molecule has 0 aliphatic carbocycles. The van der Waals surface area contributed by atoms with Crippen molar-refractivity contribution in [2.24, 2.45) is 0 Å². The minimum Gasteiger partial charge on any atom is -0.476 e. The summed E-state index contributed by atoms with van der Waals surface area (Å²) in [7, 11) is 0. The summed E-state index contributed by atoms with van der Waals surface area (Å²) in [4.78, 5) is 27.5. The van der Waals surface area contributed by atoms with E-state index in [1.807, 2.05) is 0 Å². The first-order valence-corrected chi connectivity index (χ1v) is 10.1. The Hall–Kier alpha value is -1.92. The van der Waals surface area contributed by atoms with Crippen molar-refractivity contribution in [2.75, 3.05) is 6.54 Å². The van der Waals surface area contributed by atoms with Crippen LogP contribution in [0.4, 0.5) is 13.2 Å². The summed E-state index contributed by atoms with van der Waals surface area (Å²) < 4.78 is 39.5. The van der Waals surface area contributed by atoms with Gasteiger partial charge in [0.2, 0.25) is 0 Å². The second-order valence-electron chi connectivity index (χ2n) is 7.36. The number of hydrogen-bond acceptors (Lipinski definition) is 6. The van der Waals surface area contributed by atoms with Gasteiger partial charge in [-0.3, -0.25) is 4.79 Å². The average molecular weight is 501 g/mol. The van der Waals surface area contributed by atoms with Crippen LogP contribution in [-0.2, 0) is 5.60 Å². The van der Waals surface area contributed by atoms with Gasteiger partial charge in [-0.25, -0.2) is 9.78 Å². The Balaban J connectivity index is 2.56. The zero-order valence-corrected chi connectivity index (χ0v) is 18.6. The molecule has 0 radical (unpaired) electrons. The van der Waals surface area contributed by atoms with Crippen LogP contribution in [0.5, 0.6) is 0 Å². The van der Waals surface area contributed by atoms with Gasteiger partial charge in [0, 0.05) is 17.7 Å². The third-order valence-corrected chi connectivity index (χ3v) is 6.08.